The lowest BCUT2D eigenvalue weighted by molar-refractivity contribution is -0.145. The van der Waals surface area contributed by atoms with Crippen molar-refractivity contribution in [1.29, 1.82) is 0 Å². The van der Waals surface area contributed by atoms with Crippen LogP contribution in [0.25, 0.3) is 11.1 Å². The Labute approximate surface area is 319 Å². The molecule has 0 aliphatic heterocycles. The van der Waals surface area contributed by atoms with Crippen LogP contribution in [0.15, 0.2) is 54.9 Å². The van der Waals surface area contributed by atoms with Gasteiger partial charge in [-0.15, -0.1) is 0 Å². The van der Waals surface area contributed by atoms with E-state index in [1.165, 1.54) is 19.0 Å². The summed E-state index contributed by atoms with van der Waals surface area (Å²) in [5.41, 5.74) is 4.11. The fraction of sp³-hybridized carbons (Fsp3) is 0.513. The van der Waals surface area contributed by atoms with E-state index in [-0.39, 0.29) is 25.7 Å². The van der Waals surface area contributed by atoms with Crippen LogP contribution in [0.3, 0.4) is 0 Å². The molecular weight excluding hydrogens is 725 g/mol. The second-order valence-electron chi connectivity index (χ2n) is 14.1. The van der Waals surface area contributed by atoms with E-state index < -0.39 is 55.0 Å². The van der Waals surface area contributed by atoms with Gasteiger partial charge in [0.2, 0.25) is 11.8 Å². The quantitative estimate of drug-likeness (QED) is 0.106. The highest BCUT2D eigenvalue weighted by molar-refractivity contribution is 6.34. The average molecular weight is 775 g/mol. The molecule has 0 radical (unpaired) electrons. The number of para-hydroxylation sites is 1. The third-order valence-electron chi connectivity index (χ3n) is 9.73. The molecule has 0 spiro atoms. The molecule has 14 heteroatoms. The zero-order valence-electron chi connectivity index (χ0n) is 30.0. The van der Waals surface area contributed by atoms with E-state index in [1.807, 2.05) is 42.6 Å². The minimum atomic E-state index is -1.86. The Hall–Kier alpha value is -3.33. The van der Waals surface area contributed by atoms with Gasteiger partial charge in [0.1, 0.15) is 30.2 Å². The summed E-state index contributed by atoms with van der Waals surface area (Å²) in [5, 5.41) is 50.4. The predicted molar refractivity (Wildman–Crippen MR) is 199 cm³/mol. The zero-order chi connectivity index (χ0) is 38.3. The highest BCUT2D eigenvalue weighted by Crippen LogP contribution is 2.53. The lowest BCUT2D eigenvalue weighted by Gasteiger charge is -2.30. The van der Waals surface area contributed by atoms with E-state index in [4.69, 9.17) is 37.8 Å². The maximum atomic E-state index is 13.2. The van der Waals surface area contributed by atoms with Crippen LogP contribution < -0.4 is 4.74 Å². The van der Waals surface area contributed by atoms with Crippen LogP contribution in [-0.2, 0) is 33.0 Å². The van der Waals surface area contributed by atoms with Crippen molar-refractivity contribution in [2.75, 3.05) is 33.8 Å². The number of nitrogens with zero attached hydrogens (tertiary/aromatic N) is 3. The first-order chi connectivity index (χ1) is 25.3. The number of aliphatic hydroxyl groups excluding tert-OH is 5. The average Bonchev–Trinajstić information content (AvgIpc) is 4.10. The lowest BCUT2D eigenvalue weighted by Crippen LogP contribution is -2.52. The van der Waals surface area contributed by atoms with Crippen molar-refractivity contribution in [3.8, 4) is 16.9 Å². The molecule has 1 aromatic heterocycles. The Balaban J connectivity index is 1.17. The molecule has 12 nitrogen and oxygen atoms in total. The van der Waals surface area contributed by atoms with E-state index in [1.54, 1.807) is 6.20 Å². The summed E-state index contributed by atoms with van der Waals surface area (Å²) < 4.78 is 12.8. The van der Waals surface area contributed by atoms with Crippen molar-refractivity contribution < 1.29 is 44.6 Å². The number of amides is 2. The summed E-state index contributed by atoms with van der Waals surface area (Å²) in [7, 11) is 3.05. The Morgan fingerprint density at radius 3 is 2.28 bits per heavy atom. The SMILES string of the molecule is CN(C)C(=O)CN(C[C@H](O)[C@@H](O)[C@H](O)[C@H](O)CO)C(=O)CCCCc1cc(Cl)c(COC2(c3cnccc3-c3ccccc3OC3CC3)CC2)cc1Cl. The van der Waals surface area contributed by atoms with Crippen LogP contribution in [-0.4, -0.2) is 116 Å². The van der Waals surface area contributed by atoms with Gasteiger partial charge in [0.15, 0.2) is 0 Å². The van der Waals surface area contributed by atoms with Gasteiger partial charge in [-0.05, 0) is 85.9 Å². The van der Waals surface area contributed by atoms with Gasteiger partial charge in [0.05, 0.1) is 31.5 Å². The molecule has 5 N–H and O–H groups in total. The van der Waals surface area contributed by atoms with E-state index in [9.17, 15) is 30.0 Å². The summed E-state index contributed by atoms with van der Waals surface area (Å²) in [6.07, 6.45) is 2.23. The predicted octanol–water partition coefficient (Wildman–Crippen LogP) is 3.87. The Morgan fingerprint density at radius 2 is 1.60 bits per heavy atom. The lowest BCUT2D eigenvalue weighted by atomic mass is 9.96. The minimum Gasteiger partial charge on any atom is -0.490 e. The summed E-state index contributed by atoms with van der Waals surface area (Å²) in [4.78, 5) is 32.4. The number of aryl methyl sites for hydroxylation is 1. The van der Waals surface area contributed by atoms with Gasteiger partial charge in [-0.25, -0.2) is 0 Å². The molecule has 0 bridgehead atoms. The Morgan fingerprint density at radius 1 is 0.925 bits per heavy atom. The second-order valence-corrected chi connectivity index (χ2v) is 14.9. The van der Waals surface area contributed by atoms with Gasteiger partial charge in [-0.2, -0.15) is 0 Å². The molecule has 4 atom stereocenters. The van der Waals surface area contributed by atoms with Crippen molar-refractivity contribution >= 4 is 35.0 Å². The van der Waals surface area contributed by atoms with E-state index in [2.05, 4.69) is 11.1 Å². The first kappa shape index (κ1) is 40.8. The van der Waals surface area contributed by atoms with Crippen LogP contribution in [0.5, 0.6) is 5.75 Å². The number of likely N-dealkylation sites (N-methyl/N-ethyl adjacent to an activating group) is 1. The first-order valence-corrected chi connectivity index (χ1v) is 18.7. The number of halogens is 2. The van der Waals surface area contributed by atoms with Crippen molar-refractivity contribution in [3.05, 3.63) is 81.6 Å². The molecule has 2 aliphatic rings. The zero-order valence-corrected chi connectivity index (χ0v) is 31.5. The smallest absolute Gasteiger partial charge is 0.241 e. The monoisotopic (exact) mass is 773 g/mol. The maximum Gasteiger partial charge on any atom is 0.241 e. The number of aliphatic hydroxyl groups is 5. The number of unbranched alkanes of at least 4 members (excludes halogenated alkanes) is 1. The van der Waals surface area contributed by atoms with Crippen LogP contribution >= 0.6 is 23.2 Å². The van der Waals surface area contributed by atoms with Crippen molar-refractivity contribution in [1.82, 2.24) is 14.8 Å². The van der Waals surface area contributed by atoms with Gasteiger partial charge in [-0.3, -0.25) is 14.6 Å². The maximum absolute atomic E-state index is 13.2. The topological polar surface area (TPSA) is 173 Å². The summed E-state index contributed by atoms with van der Waals surface area (Å²) >= 11 is 13.5. The molecular formula is C39H49Cl2N3O9. The van der Waals surface area contributed by atoms with Crippen molar-refractivity contribution in [3.63, 3.8) is 0 Å². The molecule has 0 saturated heterocycles. The number of pyridine rings is 1. The highest BCUT2D eigenvalue weighted by Gasteiger charge is 2.48. The number of aromatic nitrogens is 1. The number of hydrogen-bond acceptors (Lipinski definition) is 10. The fourth-order valence-corrected chi connectivity index (χ4v) is 6.63. The van der Waals surface area contributed by atoms with Gasteiger partial charge in [0.25, 0.3) is 0 Å². The Kier molecular flexibility index (Phi) is 14.1. The Bertz CT molecular complexity index is 1720. The molecule has 1 heterocycles. The molecule has 3 aromatic rings. The molecule has 2 amide bonds. The molecule has 2 aliphatic carbocycles. The van der Waals surface area contributed by atoms with E-state index in [0.717, 1.165) is 64.1 Å². The fourth-order valence-electron chi connectivity index (χ4n) is 6.11. The molecule has 288 valence electrons. The molecule has 5 rings (SSSR count). The molecule has 2 fully saturated rings. The number of carbonyl (C=O) groups is 2. The first-order valence-electron chi connectivity index (χ1n) is 18.0. The van der Waals surface area contributed by atoms with Crippen LogP contribution in [0.4, 0.5) is 0 Å². The van der Waals surface area contributed by atoms with Crippen LogP contribution in [0.2, 0.25) is 10.0 Å². The summed E-state index contributed by atoms with van der Waals surface area (Å²) in [6.45, 7) is -1.41. The standard InChI is InChI=1S/C39H49Cl2N3O9/c1-43(2)36(49)21-44(20-32(46)37(50)38(51)33(47)22-45)35(48)10-6-3-7-24-17-31(41)25(18-30(24)40)23-52-39(14-15-39)29-19-42-16-13-27(29)28-8-4-5-9-34(28)53-26-11-12-26/h4-5,8-9,13,16-19,26,32-33,37-38,45-47,50-51H,3,6-7,10-12,14-15,20-23H2,1-2H3/t32-,33+,37+,38+/m0/s1. The van der Waals surface area contributed by atoms with Gasteiger partial charge >= 0.3 is 0 Å². The summed E-state index contributed by atoms with van der Waals surface area (Å²) in [5.74, 6) is 0.0136. The van der Waals surface area contributed by atoms with Gasteiger partial charge < -0.3 is 44.8 Å². The summed E-state index contributed by atoms with van der Waals surface area (Å²) in [6, 6.07) is 13.7. The van der Waals surface area contributed by atoms with E-state index >= 15 is 0 Å². The van der Waals surface area contributed by atoms with E-state index in [0.29, 0.717) is 29.3 Å². The van der Waals surface area contributed by atoms with Gasteiger partial charge in [0, 0.05) is 60.6 Å². The normalized spacial score (nSPS) is 17.1. The second kappa shape index (κ2) is 18.3. The van der Waals surface area contributed by atoms with Gasteiger partial charge in [-0.1, -0.05) is 41.4 Å². The van der Waals surface area contributed by atoms with Crippen molar-refractivity contribution in [2.24, 2.45) is 0 Å². The highest BCUT2D eigenvalue weighted by atomic mass is 35.5. The largest absolute Gasteiger partial charge is 0.490 e. The van der Waals surface area contributed by atoms with Crippen LogP contribution in [0.1, 0.15) is 61.6 Å². The number of rotatable bonds is 20. The minimum absolute atomic E-state index is 0.0399. The molecule has 53 heavy (non-hydrogen) atoms. The third-order valence-corrected chi connectivity index (χ3v) is 10.4. The van der Waals surface area contributed by atoms with Crippen molar-refractivity contribution in [2.45, 2.75) is 94.1 Å². The number of ether oxygens (including phenoxy) is 2. The number of carbonyl (C=O) groups excluding carboxylic acids is 2. The van der Waals surface area contributed by atoms with Crippen LogP contribution in [0, 0.1) is 0 Å². The molecule has 2 aromatic carbocycles. The number of benzene rings is 2. The molecule has 2 saturated carbocycles. The number of hydrogen-bond donors (Lipinski definition) is 5. The third kappa shape index (κ3) is 10.7. The molecule has 0 unspecified atom stereocenters.